The predicted octanol–water partition coefficient (Wildman–Crippen LogP) is 3.98. The molecule has 0 atom stereocenters. The highest BCUT2D eigenvalue weighted by molar-refractivity contribution is 7.13. The Morgan fingerprint density at radius 3 is 2.70 bits per heavy atom. The van der Waals surface area contributed by atoms with Crippen molar-refractivity contribution >= 4 is 28.1 Å². The standard InChI is InChI=1S/C14H15FN2O2S/c1-14(2,3)19-12(18)10-5-4-9(8-11(10)15)17-13-16-6-7-20-13/h4-8H,1-3H3,(H,16,17). The Morgan fingerprint density at radius 2 is 2.15 bits per heavy atom. The van der Waals surface area contributed by atoms with Crippen molar-refractivity contribution in [2.24, 2.45) is 0 Å². The third kappa shape index (κ3) is 3.77. The number of halogens is 1. The summed E-state index contributed by atoms with van der Waals surface area (Å²) >= 11 is 1.41. The fraction of sp³-hybridized carbons (Fsp3) is 0.286. The van der Waals surface area contributed by atoms with Gasteiger partial charge in [0.15, 0.2) is 5.13 Å². The van der Waals surface area contributed by atoms with Gasteiger partial charge in [0, 0.05) is 17.3 Å². The highest BCUT2D eigenvalue weighted by Gasteiger charge is 2.20. The lowest BCUT2D eigenvalue weighted by atomic mass is 10.1. The first kappa shape index (κ1) is 14.5. The summed E-state index contributed by atoms with van der Waals surface area (Å²) in [5.41, 5.74) is -0.198. The predicted molar refractivity (Wildman–Crippen MR) is 77.0 cm³/mol. The second-order valence-corrected chi connectivity index (χ2v) is 6.05. The van der Waals surface area contributed by atoms with Gasteiger partial charge in [-0.15, -0.1) is 11.3 Å². The molecule has 1 aromatic carbocycles. The van der Waals surface area contributed by atoms with Crippen molar-refractivity contribution in [2.45, 2.75) is 26.4 Å². The Labute approximate surface area is 120 Å². The van der Waals surface area contributed by atoms with Gasteiger partial charge in [0.1, 0.15) is 11.4 Å². The summed E-state index contributed by atoms with van der Waals surface area (Å²) < 4.78 is 19.1. The van der Waals surface area contributed by atoms with Crippen molar-refractivity contribution in [3.8, 4) is 0 Å². The summed E-state index contributed by atoms with van der Waals surface area (Å²) in [6.45, 7) is 5.21. The zero-order valence-corrected chi connectivity index (χ0v) is 12.3. The van der Waals surface area contributed by atoms with Crippen LogP contribution in [0.1, 0.15) is 31.1 Å². The van der Waals surface area contributed by atoms with E-state index in [-0.39, 0.29) is 5.56 Å². The van der Waals surface area contributed by atoms with Crippen LogP contribution in [0.2, 0.25) is 0 Å². The minimum absolute atomic E-state index is 0.0791. The maximum absolute atomic E-state index is 13.9. The molecule has 0 aliphatic rings. The van der Waals surface area contributed by atoms with E-state index in [2.05, 4.69) is 10.3 Å². The van der Waals surface area contributed by atoms with E-state index in [1.165, 1.54) is 23.5 Å². The molecule has 2 aromatic rings. The van der Waals surface area contributed by atoms with Gasteiger partial charge in [0.2, 0.25) is 0 Å². The quantitative estimate of drug-likeness (QED) is 0.870. The van der Waals surface area contributed by atoms with Crippen molar-refractivity contribution in [1.82, 2.24) is 4.98 Å². The molecule has 0 saturated carbocycles. The lowest BCUT2D eigenvalue weighted by Crippen LogP contribution is -2.24. The third-order valence-corrected chi connectivity index (χ3v) is 2.96. The largest absolute Gasteiger partial charge is 0.456 e. The number of aromatic nitrogens is 1. The molecule has 6 heteroatoms. The van der Waals surface area contributed by atoms with Gasteiger partial charge in [-0.1, -0.05) is 0 Å². The van der Waals surface area contributed by atoms with Crippen molar-refractivity contribution in [1.29, 1.82) is 0 Å². The Bertz CT molecular complexity index is 606. The Kier molecular flexibility index (Phi) is 4.04. The van der Waals surface area contributed by atoms with Crippen LogP contribution in [0.5, 0.6) is 0 Å². The van der Waals surface area contributed by atoms with Gasteiger partial charge in [0.05, 0.1) is 5.56 Å². The second-order valence-electron chi connectivity index (χ2n) is 5.16. The number of esters is 1. The average Bonchev–Trinajstić information content (AvgIpc) is 2.79. The van der Waals surface area contributed by atoms with Crippen LogP contribution in [0.4, 0.5) is 15.2 Å². The normalized spacial score (nSPS) is 11.2. The first-order valence-electron chi connectivity index (χ1n) is 6.04. The SMILES string of the molecule is CC(C)(C)OC(=O)c1ccc(Nc2nccs2)cc1F. The molecule has 0 saturated heterocycles. The minimum Gasteiger partial charge on any atom is -0.456 e. The molecule has 1 aromatic heterocycles. The van der Waals surface area contributed by atoms with E-state index in [9.17, 15) is 9.18 Å². The molecule has 0 fully saturated rings. The van der Waals surface area contributed by atoms with E-state index in [1.54, 1.807) is 33.0 Å². The van der Waals surface area contributed by atoms with Gasteiger partial charge < -0.3 is 10.1 Å². The summed E-state index contributed by atoms with van der Waals surface area (Å²) in [6.07, 6.45) is 1.65. The fourth-order valence-corrected chi connectivity index (χ4v) is 2.05. The monoisotopic (exact) mass is 294 g/mol. The molecular formula is C14H15FN2O2S. The van der Waals surface area contributed by atoms with Crippen molar-refractivity contribution in [3.63, 3.8) is 0 Å². The molecular weight excluding hydrogens is 279 g/mol. The Morgan fingerprint density at radius 1 is 1.40 bits per heavy atom. The smallest absolute Gasteiger partial charge is 0.341 e. The summed E-state index contributed by atoms with van der Waals surface area (Å²) in [5.74, 6) is -1.29. The lowest BCUT2D eigenvalue weighted by molar-refractivity contribution is 0.00648. The third-order valence-electron chi connectivity index (χ3n) is 2.27. The molecule has 0 aliphatic heterocycles. The molecule has 106 valence electrons. The number of nitrogens with zero attached hydrogens (tertiary/aromatic N) is 1. The van der Waals surface area contributed by atoms with Gasteiger partial charge in [-0.05, 0) is 39.0 Å². The summed E-state index contributed by atoms with van der Waals surface area (Å²) in [4.78, 5) is 15.9. The van der Waals surface area contributed by atoms with Crippen LogP contribution in [0.15, 0.2) is 29.8 Å². The van der Waals surface area contributed by atoms with Crippen molar-refractivity contribution in [3.05, 3.63) is 41.2 Å². The Balaban J connectivity index is 2.15. The maximum Gasteiger partial charge on any atom is 0.341 e. The molecule has 0 amide bonds. The minimum atomic E-state index is -0.671. The van der Waals surface area contributed by atoms with Gasteiger partial charge >= 0.3 is 5.97 Å². The molecule has 1 heterocycles. The highest BCUT2D eigenvalue weighted by atomic mass is 32.1. The number of carbonyl (C=O) groups is 1. The van der Waals surface area contributed by atoms with Crippen LogP contribution in [0.3, 0.4) is 0 Å². The first-order chi connectivity index (χ1) is 9.35. The fourth-order valence-electron chi connectivity index (χ4n) is 1.50. The van der Waals surface area contributed by atoms with E-state index in [0.717, 1.165) is 0 Å². The molecule has 20 heavy (non-hydrogen) atoms. The van der Waals surface area contributed by atoms with Crippen molar-refractivity contribution in [2.75, 3.05) is 5.32 Å². The van der Waals surface area contributed by atoms with E-state index in [1.807, 2.05) is 5.38 Å². The van der Waals surface area contributed by atoms with Crippen LogP contribution < -0.4 is 5.32 Å². The van der Waals surface area contributed by atoms with Crippen LogP contribution in [-0.4, -0.2) is 16.6 Å². The van der Waals surface area contributed by atoms with E-state index in [4.69, 9.17) is 4.74 Å². The molecule has 0 unspecified atom stereocenters. The average molecular weight is 294 g/mol. The molecule has 2 rings (SSSR count). The number of nitrogens with one attached hydrogen (secondary N) is 1. The van der Waals surface area contributed by atoms with E-state index >= 15 is 0 Å². The second kappa shape index (κ2) is 5.58. The van der Waals surface area contributed by atoms with Crippen LogP contribution in [0.25, 0.3) is 0 Å². The number of hydrogen-bond acceptors (Lipinski definition) is 5. The summed E-state index contributed by atoms with van der Waals surface area (Å²) in [6, 6.07) is 4.27. The molecule has 0 aliphatic carbocycles. The summed E-state index contributed by atoms with van der Waals surface area (Å²) in [5, 5.41) is 5.43. The van der Waals surface area contributed by atoms with Crippen molar-refractivity contribution < 1.29 is 13.9 Å². The number of ether oxygens (including phenoxy) is 1. The van der Waals surface area contributed by atoms with E-state index in [0.29, 0.717) is 10.8 Å². The molecule has 0 bridgehead atoms. The van der Waals surface area contributed by atoms with Gasteiger partial charge in [-0.2, -0.15) is 0 Å². The van der Waals surface area contributed by atoms with E-state index < -0.39 is 17.4 Å². The number of rotatable bonds is 3. The first-order valence-corrected chi connectivity index (χ1v) is 6.92. The van der Waals surface area contributed by atoms with Gasteiger partial charge in [-0.3, -0.25) is 0 Å². The number of thiazole rings is 1. The molecule has 4 nitrogen and oxygen atoms in total. The maximum atomic E-state index is 13.9. The zero-order chi connectivity index (χ0) is 14.8. The van der Waals surface area contributed by atoms with Crippen LogP contribution in [-0.2, 0) is 4.74 Å². The molecule has 0 radical (unpaired) electrons. The lowest BCUT2D eigenvalue weighted by Gasteiger charge is -2.19. The van der Waals surface area contributed by atoms with Gasteiger partial charge in [-0.25, -0.2) is 14.2 Å². The van der Waals surface area contributed by atoms with Crippen LogP contribution in [0, 0.1) is 5.82 Å². The number of benzene rings is 1. The number of hydrogen-bond donors (Lipinski definition) is 1. The number of anilines is 2. The number of carbonyl (C=O) groups excluding carboxylic acids is 1. The van der Waals surface area contributed by atoms with Gasteiger partial charge in [0.25, 0.3) is 0 Å². The zero-order valence-electron chi connectivity index (χ0n) is 11.4. The summed E-state index contributed by atoms with van der Waals surface area (Å²) in [7, 11) is 0. The molecule has 0 spiro atoms. The molecule has 1 N–H and O–H groups in total. The topological polar surface area (TPSA) is 51.2 Å². The highest BCUT2D eigenvalue weighted by Crippen LogP contribution is 2.22. The Hall–Kier alpha value is -1.95. The van der Waals surface area contributed by atoms with Crippen LogP contribution >= 0.6 is 11.3 Å².